The van der Waals surface area contributed by atoms with E-state index in [1.165, 1.54) is 0 Å². The Morgan fingerprint density at radius 1 is 1.17 bits per heavy atom. The van der Waals surface area contributed by atoms with Crippen molar-refractivity contribution in [2.24, 2.45) is 11.5 Å². The predicted octanol–water partition coefficient (Wildman–Crippen LogP) is 1.38. The monoisotopic (exact) mass is 292 g/mol. The Kier molecular flexibility index (Phi) is 5.23. The van der Waals surface area contributed by atoms with Crippen LogP contribution in [-0.4, -0.2) is 25.9 Å². The first-order chi connectivity index (χ1) is 8.29. The van der Waals surface area contributed by atoms with Crippen molar-refractivity contribution in [2.75, 3.05) is 25.9 Å². The molecule has 0 bridgehead atoms. The smallest absolute Gasteiger partial charge is 0.180 e. The molecule has 0 radical (unpaired) electrons. The molecule has 18 heavy (non-hydrogen) atoms. The standard InChI is InChI=1S/C10H22N4O2P2/c1-17(15,7-11)13-9-5-3-4-6-10(9)14-18(2,16)8-12/h3,5H,4,6-8,11-12H2,1-2H3,(H,13,15)(H,14,16). The highest BCUT2D eigenvalue weighted by Gasteiger charge is 2.20. The van der Waals surface area contributed by atoms with E-state index in [0.717, 1.165) is 18.5 Å². The summed E-state index contributed by atoms with van der Waals surface area (Å²) in [7, 11) is -5.17. The minimum atomic E-state index is -2.60. The van der Waals surface area contributed by atoms with E-state index in [4.69, 9.17) is 11.5 Å². The molecule has 1 rings (SSSR count). The van der Waals surface area contributed by atoms with Crippen molar-refractivity contribution in [2.45, 2.75) is 12.8 Å². The number of rotatable bonds is 6. The van der Waals surface area contributed by atoms with E-state index in [0.29, 0.717) is 5.70 Å². The maximum absolute atomic E-state index is 12.0. The van der Waals surface area contributed by atoms with Crippen molar-refractivity contribution >= 4 is 14.6 Å². The number of nitrogens with two attached hydrogens (primary N) is 2. The van der Waals surface area contributed by atoms with E-state index in [9.17, 15) is 9.13 Å². The van der Waals surface area contributed by atoms with Crippen LogP contribution in [0.5, 0.6) is 0 Å². The molecule has 0 aromatic heterocycles. The molecule has 6 N–H and O–H groups in total. The van der Waals surface area contributed by atoms with Gasteiger partial charge in [0.25, 0.3) is 0 Å². The molecule has 0 fully saturated rings. The molecular weight excluding hydrogens is 270 g/mol. The fraction of sp³-hybridized carbons (Fsp3) is 0.600. The highest BCUT2D eigenvalue weighted by atomic mass is 31.2. The van der Waals surface area contributed by atoms with E-state index in [-0.39, 0.29) is 12.6 Å². The van der Waals surface area contributed by atoms with Gasteiger partial charge in [-0.1, -0.05) is 6.08 Å². The molecule has 2 unspecified atom stereocenters. The SMILES string of the molecule is CP(=O)(CN)NC1=C(NP(C)(=O)CN)CCC=C1. The van der Waals surface area contributed by atoms with Crippen molar-refractivity contribution in [3.05, 3.63) is 23.5 Å². The fourth-order valence-corrected chi connectivity index (χ4v) is 3.22. The van der Waals surface area contributed by atoms with E-state index < -0.39 is 14.6 Å². The molecule has 0 aromatic rings. The van der Waals surface area contributed by atoms with Gasteiger partial charge in [0.05, 0.1) is 18.3 Å². The molecule has 0 heterocycles. The Bertz CT molecular complexity index is 459. The Morgan fingerprint density at radius 3 is 2.28 bits per heavy atom. The number of hydrogen-bond acceptors (Lipinski definition) is 4. The maximum atomic E-state index is 12.0. The summed E-state index contributed by atoms with van der Waals surface area (Å²) in [5.74, 6) is 0. The van der Waals surface area contributed by atoms with Crippen LogP contribution in [0, 0.1) is 0 Å². The molecule has 0 amide bonds. The first-order valence-electron chi connectivity index (χ1n) is 5.79. The van der Waals surface area contributed by atoms with Crippen LogP contribution in [0.15, 0.2) is 23.5 Å². The van der Waals surface area contributed by atoms with Crippen LogP contribution in [0.1, 0.15) is 12.8 Å². The summed E-state index contributed by atoms with van der Waals surface area (Å²) >= 11 is 0. The Labute approximate surface area is 108 Å². The molecule has 0 saturated heterocycles. The summed E-state index contributed by atoms with van der Waals surface area (Å²) in [6.45, 7) is 3.19. The Hall–Kier alpha value is -0.540. The molecule has 0 spiro atoms. The van der Waals surface area contributed by atoms with Crippen LogP contribution in [0.2, 0.25) is 0 Å². The van der Waals surface area contributed by atoms with Crippen LogP contribution in [0.3, 0.4) is 0 Å². The Balaban J connectivity index is 2.94. The maximum Gasteiger partial charge on any atom is 0.180 e. The van der Waals surface area contributed by atoms with Gasteiger partial charge in [-0.15, -0.1) is 0 Å². The minimum absolute atomic E-state index is 0.0816. The molecular formula is C10H22N4O2P2. The van der Waals surface area contributed by atoms with Gasteiger partial charge in [-0.05, 0) is 18.9 Å². The Morgan fingerprint density at radius 2 is 1.72 bits per heavy atom. The minimum Gasteiger partial charge on any atom is -0.337 e. The van der Waals surface area contributed by atoms with Crippen molar-refractivity contribution in [1.82, 2.24) is 10.2 Å². The molecule has 6 nitrogen and oxygen atoms in total. The lowest BCUT2D eigenvalue weighted by Crippen LogP contribution is -2.23. The normalized spacial score (nSPS) is 22.2. The van der Waals surface area contributed by atoms with Gasteiger partial charge < -0.3 is 21.6 Å². The molecule has 0 aromatic carbocycles. The second-order valence-corrected chi connectivity index (χ2v) is 10.2. The summed E-state index contributed by atoms with van der Waals surface area (Å²) in [6, 6.07) is 0. The van der Waals surface area contributed by atoms with Gasteiger partial charge in [0.2, 0.25) is 0 Å². The van der Waals surface area contributed by atoms with E-state index in [1.54, 1.807) is 13.3 Å². The predicted molar refractivity (Wildman–Crippen MR) is 76.8 cm³/mol. The summed E-state index contributed by atoms with van der Waals surface area (Å²) in [4.78, 5) is 0. The molecule has 2 atom stereocenters. The summed E-state index contributed by atoms with van der Waals surface area (Å²) in [6.07, 6.45) is 5.57. The van der Waals surface area contributed by atoms with Crippen molar-refractivity contribution in [3.8, 4) is 0 Å². The van der Waals surface area contributed by atoms with Crippen LogP contribution in [0.4, 0.5) is 0 Å². The topological polar surface area (TPSA) is 110 Å². The second-order valence-electron chi connectivity index (χ2n) is 4.62. The van der Waals surface area contributed by atoms with Gasteiger partial charge in [-0.25, -0.2) is 0 Å². The van der Waals surface area contributed by atoms with Gasteiger partial charge in [0.15, 0.2) is 14.6 Å². The van der Waals surface area contributed by atoms with Crippen LogP contribution in [0.25, 0.3) is 0 Å². The summed E-state index contributed by atoms with van der Waals surface area (Å²) < 4.78 is 24.0. The molecule has 1 aliphatic carbocycles. The lowest BCUT2D eigenvalue weighted by molar-refractivity contribution is 0.568. The van der Waals surface area contributed by atoms with Gasteiger partial charge >= 0.3 is 0 Å². The fourth-order valence-electron chi connectivity index (χ4n) is 1.52. The zero-order valence-corrected chi connectivity index (χ0v) is 12.6. The highest BCUT2D eigenvalue weighted by Crippen LogP contribution is 2.40. The number of allylic oxidation sites excluding steroid dienone is 3. The van der Waals surface area contributed by atoms with Crippen LogP contribution >= 0.6 is 14.6 Å². The van der Waals surface area contributed by atoms with Crippen molar-refractivity contribution in [1.29, 1.82) is 0 Å². The quantitative estimate of drug-likeness (QED) is 0.550. The third kappa shape index (κ3) is 4.62. The molecule has 0 saturated carbocycles. The molecule has 8 heteroatoms. The molecule has 104 valence electrons. The molecule has 1 aliphatic rings. The third-order valence-corrected chi connectivity index (χ3v) is 5.45. The average Bonchev–Trinajstić information content (AvgIpc) is 2.31. The third-order valence-electron chi connectivity index (χ3n) is 2.60. The van der Waals surface area contributed by atoms with Gasteiger partial charge in [-0.3, -0.25) is 9.13 Å². The zero-order valence-electron chi connectivity index (χ0n) is 10.8. The molecule has 0 aliphatic heterocycles. The average molecular weight is 292 g/mol. The largest absolute Gasteiger partial charge is 0.337 e. The van der Waals surface area contributed by atoms with E-state index in [2.05, 4.69) is 10.2 Å². The lowest BCUT2D eigenvalue weighted by Gasteiger charge is -2.24. The van der Waals surface area contributed by atoms with Gasteiger partial charge in [0, 0.05) is 19.0 Å². The first kappa shape index (κ1) is 15.5. The van der Waals surface area contributed by atoms with Gasteiger partial charge in [0.1, 0.15) is 0 Å². The van der Waals surface area contributed by atoms with Crippen LogP contribution < -0.4 is 21.6 Å². The number of nitrogens with one attached hydrogen (secondary N) is 2. The summed E-state index contributed by atoms with van der Waals surface area (Å²) in [5.41, 5.74) is 12.4. The zero-order chi connectivity index (χ0) is 13.8. The lowest BCUT2D eigenvalue weighted by atomic mass is 10.1. The highest BCUT2D eigenvalue weighted by molar-refractivity contribution is 7.61. The van der Waals surface area contributed by atoms with Crippen LogP contribution in [-0.2, 0) is 9.13 Å². The van der Waals surface area contributed by atoms with Gasteiger partial charge in [-0.2, -0.15) is 0 Å². The van der Waals surface area contributed by atoms with Crippen molar-refractivity contribution < 1.29 is 9.13 Å². The summed E-state index contributed by atoms with van der Waals surface area (Å²) in [5, 5.41) is 5.92. The van der Waals surface area contributed by atoms with Crippen molar-refractivity contribution in [3.63, 3.8) is 0 Å². The number of hydrogen-bond donors (Lipinski definition) is 4. The second kappa shape index (κ2) is 6.07. The first-order valence-corrected chi connectivity index (χ1v) is 10.5. The van der Waals surface area contributed by atoms with E-state index >= 15 is 0 Å². The van der Waals surface area contributed by atoms with E-state index in [1.807, 2.05) is 12.2 Å².